The number of nitrogens with one attached hydrogen (secondary N) is 1. The van der Waals surface area contributed by atoms with Gasteiger partial charge in [-0.05, 0) is 31.5 Å². The fourth-order valence-corrected chi connectivity index (χ4v) is 3.08. The second-order valence-electron chi connectivity index (χ2n) is 5.54. The Balaban J connectivity index is 2.00. The van der Waals surface area contributed by atoms with Gasteiger partial charge in [-0.1, -0.05) is 6.92 Å². The van der Waals surface area contributed by atoms with Gasteiger partial charge in [-0.3, -0.25) is 4.90 Å². The summed E-state index contributed by atoms with van der Waals surface area (Å²) in [5, 5.41) is 3.07. The Morgan fingerprint density at radius 2 is 2.35 bits per heavy atom. The van der Waals surface area contributed by atoms with E-state index in [0.29, 0.717) is 6.54 Å². The molecule has 1 fully saturated rings. The average Bonchev–Trinajstić information content (AvgIpc) is 2.43. The van der Waals surface area contributed by atoms with Gasteiger partial charge in [0.15, 0.2) is 5.72 Å². The Kier molecular flexibility index (Phi) is 3.00. The molecule has 0 saturated carbocycles. The van der Waals surface area contributed by atoms with Crippen LogP contribution in [0.25, 0.3) is 0 Å². The van der Waals surface area contributed by atoms with Gasteiger partial charge in [0.2, 0.25) is 0 Å². The van der Waals surface area contributed by atoms with Crippen LogP contribution in [0.4, 0.5) is 4.79 Å². The summed E-state index contributed by atoms with van der Waals surface area (Å²) in [6.45, 7) is 4.74. The molecule has 2 amide bonds. The van der Waals surface area contributed by atoms with Crippen LogP contribution in [0.5, 0.6) is 11.5 Å². The number of methoxy groups -OCH3 is 1. The van der Waals surface area contributed by atoms with Crippen molar-refractivity contribution >= 4 is 6.03 Å². The lowest BCUT2D eigenvalue weighted by Crippen LogP contribution is -2.64. The number of nitrogens with zero attached hydrogens (tertiary/aromatic N) is 1. The van der Waals surface area contributed by atoms with Crippen molar-refractivity contribution in [1.82, 2.24) is 10.2 Å². The Morgan fingerprint density at radius 1 is 1.55 bits per heavy atom. The van der Waals surface area contributed by atoms with E-state index < -0.39 is 5.72 Å². The first-order chi connectivity index (χ1) is 9.57. The number of ether oxygens (including phenoxy) is 2. The quantitative estimate of drug-likeness (QED) is 0.923. The highest BCUT2D eigenvalue weighted by Crippen LogP contribution is 2.45. The number of benzene rings is 1. The van der Waals surface area contributed by atoms with Crippen molar-refractivity contribution in [2.24, 2.45) is 0 Å². The summed E-state index contributed by atoms with van der Waals surface area (Å²) in [6, 6.07) is 5.67. The number of urea groups is 1. The van der Waals surface area contributed by atoms with Gasteiger partial charge in [0.1, 0.15) is 11.5 Å². The molecule has 20 heavy (non-hydrogen) atoms. The first-order valence-electron chi connectivity index (χ1n) is 7.02. The molecule has 0 spiro atoms. The minimum Gasteiger partial charge on any atom is -0.497 e. The van der Waals surface area contributed by atoms with Crippen molar-refractivity contribution < 1.29 is 14.3 Å². The smallest absolute Gasteiger partial charge is 0.320 e. The van der Waals surface area contributed by atoms with E-state index in [9.17, 15) is 4.79 Å². The second-order valence-corrected chi connectivity index (χ2v) is 5.54. The molecular formula is C15H20N2O3. The van der Waals surface area contributed by atoms with E-state index in [1.165, 1.54) is 0 Å². The van der Waals surface area contributed by atoms with E-state index in [0.717, 1.165) is 29.9 Å². The molecule has 2 aliphatic heterocycles. The molecule has 0 aromatic heterocycles. The zero-order valence-corrected chi connectivity index (χ0v) is 12.1. The van der Waals surface area contributed by atoms with Gasteiger partial charge >= 0.3 is 6.03 Å². The zero-order valence-electron chi connectivity index (χ0n) is 12.1. The van der Waals surface area contributed by atoms with Gasteiger partial charge < -0.3 is 14.8 Å². The molecule has 2 aliphatic rings. The minimum absolute atomic E-state index is 0.0144. The van der Waals surface area contributed by atoms with E-state index in [1.54, 1.807) is 12.0 Å². The van der Waals surface area contributed by atoms with Crippen molar-refractivity contribution in [3.8, 4) is 11.5 Å². The fraction of sp³-hybridized carbons (Fsp3) is 0.533. The molecule has 1 aromatic carbocycles. The highest BCUT2D eigenvalue weighted by molar-refractivity contribution is 5.77. The molecule has 0 radical (unpaired) electrons. The predicted octanol–water partition coefficient (Wildman–Crippen LogP) is 2.67. The largest absolute Gasteiger partial charge is 0.497 e. The number of carbonyl (C=O) groups excluding carboxylic acids is 1. The summed E-state index contributed by atoms with van der Waals surface area (Å²) in [5.41, 5.74) is 0.427. The molecule has 108 valence electrons. The molecule has 2 heterocycles. The Hall–Kier alpha value is -1.91. The maximum Gasteiger partial charge on any atom is 0.320 e. The van der Waals surface area contributed by atoms with Gasteiger partial charge in [0.25, 0.3) is 0 Å². The molecule has 2 bridgehead atoms. The molecule has 3 rings (SSSR count). The first kappa shape index (κ1) is 13.1. The second kappa shape index (κ2) is 4.58. The molecule has 1 aromatic rings. The normalized spacial score (nSPS) is 27.4. The van der Waals surface area contributed by atoms with Crippen LogP contribution in [0, 0.1) is 0 Å². The highest BCUT2D eigenvalue weighted by Gasteiger charge is 2.48. The van der Waals surface area contributed by atoms with Crippen molar-refractivity contribution in [2.45, 2.75) is 38.5 Å². The zero-order chi connectivity index (χ0) is 14.3. The van der Waals surface area contributed by atoms with E-state index in [4.69, 9.17) is 9.47 Å². The monoisotopic (exact) mass is 276 g/mol. The minimum atomic E-state index is -0.565. The van der Waals surface area contributed by atoms with E-state index in [-0.39, 0.29) is 12.1 Å². The van der Waals surface area contributed by atoms with Crippen LogP contribution < -0.4 is 14.8 Å². The predicted molar refractivity (Wildman–Crippen MR) is 74.9 cm³/mol. The molecule has 5 nitrogen and oxygen atoms in total. The van der Waals surface area contributed by atoms with E-state index >= 15 is 0 Å². The van der Waals surface area contributed by atoms with Gasteiger partial charge in [-0.25, -0.2) is 4.79 Å². The summed E-state index contributed by atoms with van der Waals surface area (Å²) in [7, 11) is 1.64. The number of hydrogen-bond donors (Lipinski definition) is 1. The molecule has 2 unspecified atom stereocenters. The first-order valence-corrected chi connectivity index (χ1v) is 7.02. The van der Waals surface area contributed by atoms with Crippen LogP contribution in [0.1, 0.15) is 38.3 Å². The van der Waals surface area contributed by atoms with Crippen LogP contribution in [-0.4, -0.2) is 30.3 Å². The average molecular weight is 276 g/mol. The maximum absolute atomic E-state index is 12.3. The topological polar surface area (TPSA) is 50.8 Å². The Morgan fingerprint density at radius 3 is 3.05 bits per heavy atom. The van der Waals surface area contributed by atoms with Gasteiger partial charge in [-0.15, -0.1) is 0 Å². The number of rotatable bonds is 3. The van der Waals surface area contributed by atoms with Crippen LogP contribution in [0.15, 0.2) is 18.2 Å². The van der Waals surface area contributed by atoms with Gasteiger partial charge in [-0.2, -0.15) is 0 Å². The number of amides is 2. The Labute approximate surface area is 118 Å². The lowest BCUT2D eigenvalue weighted by atomic mass is 9.90. The summed E-state index contributed by atoms with van der Waals surface area (Å²) in [4.78, 5) is 14.1. The summed E-state index contributed by atoms with van der Waals surface area (Å²) >= 11 is 0. The summed E-state index contributed by atoms with van der Waals surface area (Å²) < 4.78 is 11.4. The molecule has 1 N–H and O–H groups in total. The van der Waals surface area contributed by atoms with Crippen LogP contribution in [-0.2, 0) is 0 Å². The standard InChI is InChI=1S/C15H20N2O3/c1-4-7-17-14(18)16-12-9-15(17,2)20-13-6-5-10(19-3)8-11(12)13/h5-6,8,12H,4,7,9H2,1-3H3,(H,16,18). The lowest BCUT2D eigenvalue weighted by molar-refractivity contribution is -0.0837. The summed E-state index contributed by atoms with van der Waals surface area (Å²) in [5.74, 6) is 1.60. The molecule has 2 atom stereocenters. The summed E-state index contributed by atoms with van der Waals surface area (Å²) in [6.07, 6.45) is 1.66. The van der Waals surface area contributed by atoms with Gasteiger partial charge in [0.05, 0.1) is 13.2 Å². The fourth-order valence-electron chi connectivity index (χ4n) is 3.08. The number of fused-ring (bicyclic) bond motifs is 4. The van der Waals surface area contributed by atoms with Gasteiger partial charge in [0, 0.05) is 18.5 Å². The number of carbonyl (C=O) groups is 1. The third kappa shape index (κ3) is 1.88. The van der Waals surface area contributed by atoms with Crippen LogP contribution in [0.3, 0.4) is 0 Å². The lowest BCUT2D eigenvalue weighted by Gasteiger charge is -2.50. The SMILES string of the molecule is CCCN1C(=O)NC2CC1(C)Oc1ccc(OC)cc12. The van der Waals surface area contributed by atoms with Crippen molar-refractivity contribution in [3.05, 3.63) is 23.8 Å². The van der Waals surface area contributed by atoms with Crippen LogP contribution >= 0.6 is 0 Å². The molecule has 5 heteroatoms. The highest BCUT2D eigenvalue weighted by atomic mass is 16.5. The van der Waals surface area contributed by atoms with Crippen molar-refractivity contribution in [2.75, 3.05) is 13.7 Å². The third-order valence-electron chi connectivity index (χ3n) is 4.07. The van der Waals surface area contributed by atoms with Crippen LogP contribution in [0.2, 0.25) is 0 Å². The molecule has 0 aliphatic carbocycles. The van der Waals surface area contributed by atoms with E-state index in [2.05, 4.69) is 12.2 Å². The maximum atomic E-state index is 12.3. The molecule has 1 saturated heterocycles. The third-order valence-corrected chi connectivity index (χ3v) is 4.07. The Bertz CT molecular complexity index is 546. The van der Waals surface area contributed by atoms with Crippen molar-refractivity contribution in [1.29, 1.82) is 0 Å². The molecular weight excluding hydrogens is 256 g/mol. The van der Waals surface area contributed by atoms with E-state index in [1.807, 2.05) is 25.1 Å². The van der Waals surface area contributed by atoms with Crippen molar-refractivity contribution in [3.63, 3.8) is 0 Å². The number of hydrogen-bond acceptors (Lipinski definition) is 3.